The van der Waals surface area contributed by atoms with Crippen molar-refractivity contribution >= 4 is 29.3 Å². The molecule has 2 saturated heterocycles. The molecule has 3 aliphatic heterocycles. The van der Waals surface area contributed by atoms with Crippen LogP contribution in [-0.2, 0) is 16.0 Å². The number of pyridine rings is 1. The van der Waals surface area contributed by atoms with E-state index in [-0.39, 0.29) is 18.0 Å². The Bertz CT molecular complexity index is 1250. The molecular formula is C25H29N5O4. The number of anilines is 1. The summed E-state index contributed by atoms with van der Waals surface area (Å²) in [5.41, 5.74) is -0.844. The number of nitrogens with one attached hydrogen (secondary N) is 1. The van der Waals surface area contributed by atoms with Crippen LogP contribution in [-0.4, -0.2) is 50.8 Å². The summed E-state index contributed by atoms with van der Waals surface area (Å²) in [6.45, 7) is 0.618. The van der Waals surface area contributed by atoms with Crippen molar-refractivity contribution in [3.63, 3.8) is 0 Å². The Kier molecular flexibility index (Phi) is 4.97. The van der Waals surface area contributed by atoms with Gasteiger partial charge in [0.15, 0.2) is 5.41 Å². The highest BCUT2D eigenvalue weighted by atomic mass is 16.2. The van der Waals surface area contributed by atoms with Gasteiger partial charge in [0.25, 0.3) is 5.56 Å². The molecule has 0 aromatic carbocycles. The Morgan fingerprint density at radius 3 is 2.53 bits per heavy atom. The van der Waals surface area contributed by atoms with Gasteiger partial charge in [-0.25, -0.2) is 9.78 Å². The number of fused-ring (bicyclic) bond motifs is 5. The minimum absolute atomic E-state index is 0.0334. The van der Waals surface area contributed by atoms with Crippen LogP contribution in [0.5, 0.6) is 0 Å². The van der Waals surface area contributed by atoms with Crippen LogP contribution in [0, 0.1) is 5.41 Å². The zero-order valence-electron chi connectivity index (χ0n) is 19.2. The molecule has 9 nitrogen and oxygen atoms in total. The minimum atomic E-state index is -1.51. The van der Waals surface area contributed by atoms with Crippen LogP contribution < -0.4 is 15.8 Å². The third kappa shape index (κ3) is 2.95. The summed E-state index contributed by atoms with van der Waals surface area (Å²) < 4.78 is 1.47. The summed E-state index contributed by atoms with van der Waals surface area (Å²) in [4.78, 5) is 62.6. The number of urea groups is 1. The molecule has 5 heterocycles. The zero-order chi connectivity index (χ0) is 23.4. The van der Waals surface area contributed by atoms with Crippen LogP contribution in [0.3, 0.4) is 0 Å². The van der Waals surface area contributed by atoms with E-state index >= 15 is 0 Å². The van der Waals surface area contributed by atoms with Crippen molar-refractivity contribution in [1.29, 1.82) is 0 Å². The van der Waals surface area contributed by atoms with Gasteiger partial charge in [-0.1, -0.05) is 38.2 Å². The molecule has 4 amide bonds. The van der Waals surface area contributed by atoms with Crippen LogP contribution in [0.2, 0.25) is 0 Å². The molecule has 2 aromatic heterocycles. The molecule has 2 atom stereocenters. The number of imide groups is 2. The molecule has 1 N–H and O–H groups in total. The Hall–Kier alpha value is -3.23. The molecule has 0 unspecified atom stereocenters. The van der Waals surface area contributed by atoms with Gasteiger partial charge in [0.1, 0.15) is 11.5 Å². The summed E-state index contributed by atoms with van der Waals surface area (Å²) in [6, 6.07) is 4.13. The van der Waals surface area contributed by atoms with E-state index < -0.39 is 29.3 Å². The second-order valence-corrected chi connectivity index (χ2v) is 10.1. The van der Waals surface area contributed by atoms with E-state index in [4.69, 9.17) is 4.98 Å². The lowest BCUT2D eigenvalue weighted by Gasteiger charge is -2.52. The van der Waals surface area contributed by atoms with Gasteiger partial charge in [-0.15, -0.1) is 0 Å². The van der Waals surface area contributed by atoms with Gasteiger partial charge in [-0.05, 0) is 37.8 Å². The van der Waals surface area contributed by atoms with Crippen molar-refractivity contribution < 1.29 is 14.4 Å². The second kappa shape index (κ2) is 7.92. The van der Waals surface area contributed by atoms with Crippen molar-refractivity contribution in [2.24, 2.45) is 5.41 Å². The zero-order valence-corrected chi connectivity index (χ0v) is 19.2. The first kappa shape index (κ1) is 21.3. The maximum absolute atomic E-state index is 14.3. The SMILES string of the molecule is O=C1NC(=O)[C@@]2(Cc3c(nc4ccccn4c3=O)N3CCCCC[C@@H]32)C(=O)N1C1CCCCC1. The molecule has 2 aromatic rings. The molecule has 1 spiro atoms. The molecule has 34 heavy (non-hydrogen) atoms. The van der Waals surface area contributed by atoms with E-state index in [2.05, 4.69) is 5.32 Å². The maximum atomic E-state index is 14.3. The normalized spacial score (nSPS) is 28.0. The molecular weight excluding hydrogens is 434 g/mol. The van der Waals surface area contributed by atoms with Gasteiger partial charge in [0.05, 0.1) is 11.6 Å². The number of nitrogens with zero attached hydrogens (tertiary/aromatic N) is 4. The molecule has 1 aliphatic carbocycles. The Balaban J connectivity index is 1.54. The highest BCUT2D eigenvalue weighted by molar-refractivity contribution is 6.20. The lowest BCUT2D eigenvalue weighted by molar-refractivity contribution is -0.155. The van der Waals surface area contributed by atoms with Gasteiger partial charge in [-0.2, -0.15) is 0 Å². The number of barbiturate groups is 1. The van der Waals surface area contributed by atoms with Crippen LogP contribution in [0.4, 0.5) is 10.6 Å². The fourth-order valence-corrected chi connectivity index (χ4v) is 6.57. The summed E-state index contributed by atoms with van der Waals surface area (Å²) in [5, 5.41) is 2.53. The number of carbonyl (C=O) groups is 3. The standard InChI is InChI=1S/C25H29N5O4/c31-21-17-15-25(22(32)27-24(34)30(23(25)33)16-9-3-1-4-10-16)18-11-5-2-7-13-28(18)20(17)26-19-12-6-8-14-29(19)21/h6,8,12,14,16,18H,1-5,7,9-11,13,15H2,(H,27,32,34)/t18-,25+/m1/s1. The summed E-state index contributed by atoms with van der Waals surface area (Å²) >= 11 is 0. The topological polar surface area (TPSA) is 104 Å². The number of carbonyl (C=O) groups excluding carboxylic acids is 3. The summed E-state index contributed by atoms with van der Waals surface area (Å²) in [5.74, 6) is -0.432. The van der Waals surface area contributed by atoms with Gasteiger partial charge in [0.2, 0.25) is 11.8 Å². The van der Waals surface area contributed by atoms with E-state index in [1.54, 1.807) is 18.3 Å². The fourth-order valence-electron chi connectivity index (χ4n) is 6.57. The quantitative estimate of drug-likeness (QED) is 0.652. The average molecular weight is 464 g/mol. The molecule has 4 aliphatic rings. The van der Waals surface area contributed by atoms with Crippen molar-refractivity contribution in [3.05, 3.63) is 40.3 Å². The van der Waals surface area contributed by atoms with E-state index in [1.807, 2.05) is 11.0 Å². The predicted octanol–water partition coefficient (Wildman–Crippen LogP) is 2.40. The molecule has 0 radical (unpaired) electrons. The molecule has 3 fully saturated rings. The summed E-state index contributed by atoms with van der Waals surface area (Å²) in [6.07, 6.45) is 9.52. The van der Waals surface area contributed by atoms with Gasteiger partial charge in [0, 0.05) is 25.2 Å². The molecule has 6 rings (SSSR count). The first-order chi connectivity index (χ1) is 16.5. The highest BCUT2D eigenvalue weighted by Crippen LogP contribution is 2.46. The van der Waals surface area contributed by atoms with Crippen LogP contribution in [0.25, 0.3) is 5.65 Å². The second-order valence-electron chi connectivity index (χ2n) is 10.1. The first-order valence-corrected chi connectivity index (χ1v) is 12.5. The molecule has 9 heteroatoms. The van der Waals surface area contributed by atoms with E-state index in [9.17, 15) is 19.2 Å². The third-order valence-electron chi connectivity index (χ3n) is 8.24. The smallest absolute Gasteiger partial charge is 0.331 e. The molecule has 1 saturated carbocycles. The lowest BCUT2D eigenvalue weighted by atomic mass is 9.67. The maximum Gasteiger partial charge on any atom is 0.331 e. The third-order valence-corrected chi connectivity index (χ3v) is 8.24. The van der Waals surface area contributed by atoms with Gasteiger partial charge >= 0.3 is 6.03 Å². The highest BCUT2D eigenvalue weighted by Gasteiger charge is 2.63. The average Bonchev–Trinajstić information content (AvgIpc) is 3.11. The number of aromatic nitrogens is 2. The minimum Gasteiger partial charge on any atom is -0.352 e. The van der Waals surface area contributed by atoms with E-state index in [0.717, 1.165) is 51.4 Å². The van der Waals surface area contributed by atoms with Crippen molar-refractivity contribution in [2.75, 3.05) is 11.4 Å². The number of hydrogen-bond donors (Lipinski definition) is 1. The van der Waals surface area contributed by atoms with E-state index in [1.165, 1.54) is 9.30 Å². The monoisotopic (exact) mass is 463 g/mol. The molecule has 0 bridgehead atoms. The van der Waals surface area contributed by atoms with Crippen molar-refractivity contribution in [1.82, 2.24) is 19.6 Å². The van der Waals surface area contributed by atoms with Crippen molar-refractivity contribution in [2.45, 2.75) is 76.3 Å². The molecule has 178 valence electrons. The first-order valence-electron chi connectivity index (χ1n) is 12.5. The Morgan fingerprint density at radius 2 is 1.71 bits per heavy atom. The van der Waals surface area contributed by atoms with E-state index in [0.29, 0.717) is 30.0 Å². The Labute approximate surface area is 197 Å². The Morgan fingerprint density at radius 1 is 0.941 bits per heavy atom. The fraction of sp³-hybridized carbons (Fsp3) is 0.560. The largest absolute Gasteiger partial charge is 0.352 e. The van der Waals surface area contributed by atoms with Crippen LogP contribution in [0.15, 0.2) is 29.2 Å². The number of hydrogen-bond acceptors (Lipinski definition) is 6. The van der Waals surface area contributed by atoms with Gasteiger partial charge in [-0.3, -0.25) is 29.0 Å². The number of rotatable bonds is 1. The van der Waals surface area contributed by atoms with Crippen molar-refractivity contribution in [3.8, 4) is 0 Å². The van der Waals surface area contributed by atoms with Crippen LogP contribution >= 0.6 is 0 Å². The number of amides is 4. The summed E-state index contributed by atoms with van der Waals surface area (Å²) in [7, 11) is 0. The lowest BCUT2D eigenvalue weighted by Crippen LogP contribution is -2.73. The predicted molar refractivity (Wildman–Crippen MR) is 124 cm³/mol. The van der Waals surface area contributed by atoms with Gasteiger partial charge < -0.3 is 4.90 Å². The van der Waals surface area contributed by atoms with Crippen LogP contribution in [0.1, 0.15) is 63.4 Å².